The normalized spacial score (nSPS) is 15.8. The third-order valence-corrected chi connectivity index (χ3v) is 5.32. The number of nitrogens with zero attached hydrogens (tertiary/aromatic N) is 2. The highest BCUT2D eigenvalue weighted by atomic mass is 32.1. The molecule has 0 radical (unpaired) electrons. The molecule has 5 heteroatoms. The molecule has 30 heavy (non-hydrogen) atoms. The molecular weight excluding hydrogens is 388 g/mol. The van der Waals surface area contributed by atoms with Crippen LogP contribution in [0.15, 0.2) is 103 Å². The van der Waals surface area contributed by atoms with E-state index in [9.17, 15) is 0 Å². The van der Waals surface area contributed by atoms with Gasteiger partial charge in [-0.3, -0.25) is 0 Å². The van der Waals surface area contributed by atoms with E-state index in [2.05, 4.69) is 59.3 Å². The zero-order valence-electron chi connectivity index (χ0n) is 16.2. The topological polar surface area (TPSA) is 41.9 Å². The summed E-state index contributed by atoms with van der Waals surface area (Å²) in [5.41, 5.74) is 6.19. The molecule has 0 saturated carbocycles. The summed E-state index contributed by atoms with van der Waals surface area (Å²) in [6.07, 6.45) is 4.26. The van der Waals surface area contributed by atoms with Gasteiger partial charge < -0.3 is 10.6 Å². The second-order valence-electron chi connectivity index (χ2n) is 7.10. The van der Waals surface area contributed by atoms with Crippen LogP contribution in [0.5, 0.6) is 0 Å². The molecule has 0 spiro atoms. The van der Waals surface area contributed by atoms with Gasteiger partial charge in [-0.05, 0) is 36.0 Å². The Morgan fingerprint density at radius 3 is 2.03 bits per heavy atom. The SMILES string of the molecule is S=C1NC(c2ccccc2)=C[C@@H](c2cn(-c3ccccc3)nc2-c2ccccc2)N1. The van der Waals surface area contributed by atoms with Crippen LogP contribution in [0.2, 0.25) is 0 Å². The Bertz CT molecular complexity index is 1200. The molecule has 3 aromatic carbocycles. The highest BCUT2D eigenvalue weighted by molar-refractivity contribution is 7.80. The van der Waals surface area contributed by atoms with Gasteiger partial charge in [0.2, 0.25) is 0 Å². The van der Waals surface area contributed by atoms with Crippen molar-refractivity contribution in [3.63, 3.8) is 0 Å². The number of thiocarbonyl (C=S) groups is 1. The fourth-order valence-electron chi connectivity index (χ4n) is 3.65. The van der Waals surface area contributed by atoms with E-state index in [0.717, 1.165) is 33.8 Å². The van der Waals surface area contributed by atoms with Crippen LogP contribution in [-0.2, 0) is 0 Å². The smallest absolute Gasteiger partial charge is 0.171 e. The summed E-state index contributed by atoms with van der Waals surface area (Å²) >= 11 is 5.53. The van der Waals surface area contributed by atoms with Crippen LogP contribution in [0.25, 0.3) is 22.6 Å². The highest BCUT2D eigenvalue weighted by Crippen LogP contribution is 2.31. The van der Waals surface area contributed by atoms with Gasteiger partial charge in [-0.1, -0.05) is 78.9 Å². The Morgan fingerprint density at radius 1 is 0.767 bits per heavy atom. The van der Waals surface area contributed by atoms with Crippen molar-refractivity contribution in [2.45, 2.75) is 6.04 Å². The largest absolute Gasteiger partial charge is 0.352 e. The van der Waals surface area contributed by atoms with Crippen molar-refractivity contribution in [2.75, 3.05) is 0 Å². The fraction of sp³-hybridized carbons (Fsp3) is 0.0400. The van der Waals surface area contributed by atoms with E-state index in [1.807, 2.05) is 59.3 Å². The predicted octanol–water partition coefficient (Wildman–Crippen LogP) is 5.10. The summed E-state index contributed by atoms with van der Waals surface area (Å²) in [6.45, 7) is 0. The molecule has 5 rings (SSSR count). The summed E-state index contributed by atoms with van der Waals surface area (Å²) in [7, 11) is 0. The van der Waals surface area contributed by atoms with Gasteiger partial charge >= 0.3 is 0 Å². The van der Waals surface area contributed by atoms with Crippen LogP contribution >= 0.6 is 12.2 Å². The second-order valence-corrected chi connectivity index (χ2v) is 7.51. The maximum Gasteiger partial charge on any atom is 0.171 e. The van der Waals surface area contributed by atoms with Gasteiger partial charge in [-0.15, -0.1) is 0 Å². The lowest BCUT2D eigenvalue weighted by molar-refractivity contribution is 0.766. The van der Waals surface area contributed by atoms with Crippen molar-refractivity contribution >= 4 is 23.0 Å². The van der Waals surface area contributed by atoms with Crippen molar-refractivity contribution in [3.05, 3.63) is 114 Å². The van der Waals surface area contributed by atoms with Crippen LogP contribution in [0.1, 0.15) is 17.2 Å². The molecular formula is C25H20N4S. The van der Waals surface area contributed by atoms with Crippen molar-refractivity contribution in [2.24, 2.45) is 0 Å². The van der Waals surface area contributed by atoms with Crippen molar-refractivity contribution in [1.82, 2.24) is 20.4 Å². The van der Waals surface area contributed by atoms with Crippen molar-refractivity contribution in [3.8, 4) is 16.9 Å². The lowest BCUT2D eigenvalue weighted by Crippen LogP contribution is -2.40. The van der Waals surface area contributed by atoms with Gasteiger partial charge in [0.25, 0.3) is 0 Å². The van der Waals surface area contributed by atoms with E-state index in [1.165, 1.54) is 0 Å². The molecule has 0 amide bonds. The van der Waals surface area contributed by atoms with Gasteiger partial charge in [-0.2, -0.15) is 5.10 Å². The van der Waals surface area contributed by atoms with Crippen molar-refractivity contribution < 1.29 is 0 Å². The molecule has 0 unspecified atom stereocenters. The number of hydrogen-bond acceptors (Lipinski definition) is 2. The molecule has 0 bridgehead atoms. The first-order valence-electron chi connectivity index (χ1n) is 9.83. The van der Waals surface area contributed by atoms with E-state index < -0.39 is 0 Å². The molecule has 1 aliphatic rings. The summed E-state index contributed by atoms with van der Waals surface area (Å²) in [6, 6.07) is 30.5. The first-order valence-corrected chi connectivity index (χ1v) is 10.2. The standard InChI is InChI=1S/C25H20N4S/c30-25-26-22(18-10-4-1-5-11-18)16-23(27-25)21-17-29(20-14-8-3-9-15-20)28-24(21)19-12-6-2-7-13-19/h1-17,23H,(H2,26,27,30)/t23-/m0/s1. The number of hydrogen-bond donors (Lipinski definition) is 2. The van der Waals surface area contributed by atoms with Gasteiger partial charge in [0.05, 0.1) is 17.4 Å². The Balaban J connectivity index is 1.64. The number of aromatic nitrogens is 2. The third-order valence-electron chi connectivity index (χ3n) is 5.10. The molecule has 2 heterocycles. The zero-order valence-corrected chi connectivity index (χ0v) is 17.0. The van der Waals surface area contributed by atoms with Gasteiger partial charge in [-0.25, -0.2) is 4.68 Å². The quantitative estimate of drug-likeness (QED) is 0.461. The van der Waals surface area contributed by atoms with Crippen LogP contribution in [0.3, 0.4) is 0 Å². The summed E-state index contributed by atoms with van der Waals surface area (Å²) in [5, 5.41) is 12.2. The van der Waals surface area contributed by atoms with Gasteiger partial charge in [0.1, 0.15) is 0 Å². The number of benzene rings is 3. The van der Waals surface area contributed by atoms with Crippen LogP contribution in [0, 0.1) is 0 Å². The summed E-state index contributed by atoms with van der Waals surface area (Å²) in [5.74, 6) is 0. The van der Waals surface area contributed by atoms with Crippen LogP contribution in [0.4, 0.5) is 0 Å². The number of rotatable bonds is 4. The second kappa shape index (κ2) is 7.97. The fourth-order valence-corrected chi connectivity index (χ4v) is 3.89. The average molecular weight is 409 g/mol. The lowest BCUT2D eigenvalue weighted by Gasteiger charge is -2.26. The first kappa shape index (κ1) is 18.3. The van der Waals surface area contributed by atoms with E-state index in [1.54, 1.807) is 0 Å². The molecule has 146 valence electrons. The van der Waals surface area contributed by atoms with Crippen LogP contribution in [-0.4, -0.2) is 14.9 Å². The number of nitrogens with one attached hydrogen (secondary N) is 2. The monoisotopic (exact) mass is 408 g/mol. The van der Waals surface area contributed by atoms with Gasteiger partial charge in [0.15, 0.2) is 5.11 Å². The molecule has 0 saturated heterocycles. The summed E-state index contributed by atoms with van der Waals surface area (Å²) < 4.78 is 1.93. The highest BCUT2D eigenvalue weighted by Gasteiger charge is 2.24. The van der Waals surface area contributed by atoms with E-state index >= 15 is 0 Å². The molecule has 4 aromatic rings. The molecule has 1 aromatic heterocycles. The van der Waals surface area contributed by atoms with Gasteiger partial charge in [0, 0.05) is 23.0 Å². The van der Waals surface area contributed by atoms with E-state index in [4.69, 9.17) is 17.3 Å². The average Bonchev–Trinajstić information content (AvgIpc) is 3.26. The minimum atomic E-state index is -0.0957. The lowest BCUT2D eigenvalue weighted by atomic mass is 9.99. The number of para-hydroxylation sites is 1. The van der Waals surface area contributed by atoms with E-state index in [0.29, 0.717) is 5.11 Å². The molecule has 4 nitrogen and oxygen atoms in total. The maximum absolute atomic E-state index is 5.53. The Morgan fingerprint density at radius 2 is 1.37 bits per heavy atom. The molecule has 1 atom stereocenters. The van der Waals surface area contributed by atoms with E-state index in [-0.39, 0.29) is 6.04 Å². The minimum absolute atomic E-state index is 0.0957. The molecule has 0 aliphatic carbocycles. The van der Waals surface area contributed by atoms with Crippen molar-refractivity contribution in [1.29, 1.82) is 0 Å². The Hall–Kier alpha value is -3.70. The summed E-state index contributed by atoms with van der Waals surface area (Å²) in [4.78, 5) is 0. The maximum atomic E-state index is 5.53. The minimum Gasteiger partial charge on any atom is -0.352 e. The first-order chi connectivity index (χ1) is 14.8. The molecule has 1 aliphatic heterocycles. The third kappa shape index (κ3) is 3.63. The molecule has 0 fully saturated rings. The van der Waals surface area contributed by atoms with Crippen LogP contribution < -0.4 is 10.6 Å². The Labute approximate surface area is 180 Å². The predicted molar refractivity (Wildman–Crippen MR) is 125 cm³/mol. The molecule has 2 N–H and O–H groups in total. The Kier molecular flexibility index (Phi) is 4.87. The zero-order chi connectivity index (χ0) is 20.3.